The lowest BCUT2D eigenvalue weighted by Crippen LogP contribution is -2.45. The molecular formula is C14H22IN3O2. The molecule has 112 valence electrons. The Labute approximate surface area is 136 Å². The number of guanidine groups is 1. The number of halogens is 1. The Morgan fingerprint density at radius 1 is 1.30 bits per heavy atom. The largest absolute Gasteiger partial charge is 0.391 e. The molecule has 1 fully saturated rings. The lowest BCUT2D eigenvalue weighted by molar-refractivity contribution is 0.0672. The van der Waals surface area contributed by atoms with E-state index < -0.39 is 6.10 Å². The summed E-state index contributed by atoms with van der Waals surface area (Å²) >= 11 is 0. The minimum Gasteiger partial charge on any atom is -0.391 e. The number of aliphatic imine (C=N–C) groups is 1. The Kier molecular flexibility index (Phi) is 7.86. The first-order valence-corrected chi connectivity index (χ1v) is 6.60. The maximum Gasteiger partial charge on any atom is 0.191 e. The van der Waals surface area contributed by atoms with Crippen molar-refractivity contribution in [3.8, 4) is 0 Å². The van der Waals surface area contributed by atoms with Gasteiger partial charge in [-0.25, -0.2) is 0 Å². The van der Waals surface area contributed by atoms with Gasteiger partial charge in [-0.15, -0.1) is 24.0 Å². The van der Waals surface area contributed by atoms with E-state index in [0.717, 1.165) is 18.7 Å². The Morgan fingerprint density at radius 2 is 1.95 bits per heavy atom. The average molecular weight is 391 g/mol. The number of nitrogens with two attached hydrogens (primary N) is 1. The van der Waals surface area contributed by atoms with Gasteiger partial charge in [-0.2, -0.15) is 0 Å². The molecule has 20 heavy (non-hydrogen) atoms. The van der Waals surface area contributed by atoms with Gasteiger partial charge in [0.15, 0.2) is 5.96 Å². The van der Waals surface area contributed by atoms with Gasteiger partial charge in [-0.3, -0.25) is 4.99 Å². The van der Waals surface area contributed by atoms with E-state index in [2.05, 4.69) is 4.99 Å². The van der Waals surface area contributed by atoms with Crippen LogP contribution in [-0.2, 0) is 11.2 Å². The standard InChI is InChI=1S/C14H21N3O2.HI/c15-14(17-6-8-19-9-7-17)16-11-13(18)10-12-4-2-1-3-5-12;/h1-5,13,18H,6-11H2,(H2,15,16);1H. The zero-order valence-electron chi connectivity index (χ0n) is 11.4. The number of rotatable bonds is 4. The minimum absolute atomic E-state index is 0. The second-order valence-corrected chi connectivity index (χ2v) is 4.64. The number of morpholine rings is 1. The molecule has 6 heteroatoms. The summed E-state index contributed by atoms with van der Waals surface area (Å²) in [5.74, 6) is 0.496. The fourth-order valence-corrected chi connectivity index (χ4v) is 2.04. The van der Waals surface area contributed by atoms with Gasteiger partial charge in [-0.05, 0) is 5.56 Å². The third kappa shape index (κ3) is 5.64. The number of hydrogen-bond donors (Lipinski definition) is 2. The molecule has 0 amide bonds. The molecule has 0 saturated carbocycles. The molecule has 1 aliphatic heterocycles. The van der Waals surface area contributed by atoms with Crippen molar-refractivity contribution in [3.63, 3.8) is 0 Å². The van der Waals surface area contributed by atoms with E-state index in [0.29, 0.717) is 32.1 Å². The summed E-state index contributed by atoms with van der Waals surface area (Å²) in [5.41, 5.74) is 7.01. The summed E-state index contributed by atoms with van der Waals surface area (Å²) in [7, 11) is 0. The van der Waals surface area contributed by atoms with E-state index >= 15 is 0 Å². The molecule has 1 atom stereocenters. The van der Waals surface area contributed by atoms with Crippen LogP contribution >= 0.6 is 24.0 Å². The molecule has 0 radical (unpaired) electrons. The molecule has 2 rings (SSSR count). The van der Waals surface area contributed by atoms with Gasteiger partial charge in [0.1, 0.15) is 0 Å². The van der Waals surface area contributed by atoms with Crippen LogP contribution in [0.1, 0.15) is 5.56 Å². The van der Waals surface area contributed by atoms with E-state index in [1.807, 2.05) is 35.2 Å². The molecular weight excluding hydrogens is 369 g/mol. The highest BCUT2D eigenvalue weighted by Gasteiger charge is 2.12. The van der Waals surface area contributed by atoms with Crippen molar-refractivity contribution < 1.29 is 9.84 Å². The Bertz CT molecular complexity index is 408. The number of nitrogens with zero attached hydrogens (tertiary/aromatic N) is 2. The molecule has 1 heterocycles. The van der Waals surface area contributed by atoms with E-state index in [-0.39, 0.29) is 24.0 Å². The number of ether oxygens (including phenoxy) is 1. The second kappa shape index (κ2) is 9.15. The fourth-order valence-electron chi connectivity index (χ4n) is 2.04. The van der Waals surface area contributed by atoms with Crippen molar-refractivity contribution in [2.45, 2.75) is 12.5 Å². The molecule has 0 aliphatic carbocycles. The molecule has 0 aromatic heterocycles. The highest BCUT2D eigenvalue weighted by Crippen LogP contribution is 2.04. The summed E-state index contributed by atoms with van der Waals surface area (Å²) in [6, 6.07) is 9.89. The molecule has 0 spiro atoms. The minimum atomic E-state index is -0.498. The third-order valence-electron chi connectivity index (χ3n) is 3.11. The highest BCUT2D eigenvalue weighted by atomic mass is 127. The number of hydrogen-bond acceptors (Lipinski definition) is 3. The van der Waals surface area contributed by atoms with Crippen LogP contribution in [0.5, 0.6) is 0 Å². The zero-order valence-corrected chi connectivity index (χ0v) is 13.8. The van der Waals surface area contributed by atoms with Crippen molar-refractivity contribution >= 4 is 29.9 Å². The topological polar surface area (TPSA) is 71.1 Å². The summed E-state index contributed by atoms with van der Waals surface area (Å²) < 4.78 is 5.25. The monoisotopic (exact) mass is 391 g/mol. The first-order chi connectivity index (χ1) is 9.25. The van der Waals surface area contributed by atoms with Crippen molar-refractivity contribution in [1.29, 1.82) is 0 Å². The number of aliphatic hydroxyl groups excluding tert-OH is 1. The second-order valence-electron chi connectivity index (χ2n) is 4.64. The van der Waals surface area contributed by atoms with Gasteiger partial charge in [0.05, 0.1) is 25.9 Å². The van der Waals surface area contributed by atoms with E-state index in [4.69, 9.17) is 10.5 Å². The normalized spacial score (nSPS) is 17.4. The van der Waals surface area contributed by atoms with Gasteiger partial charge in [-0.1, -0.05) is 30.3 Å². The highest BCUT2D eigenvalue weighted by molar-refractivity contribution is 14.0. The zero-order chi connectivity index (χ0) is 13.5. The predicted octanol–water partition coefficient (Wildman–Crippen LogP) is 0.855. The van der Waals surface area contributed by atoms with Crippen molar-refractivity contribution in [2.24, 2.45) is 10.7 Å². The van der Waals surface area contributed by atoms with Crippen LogP contribution in [0.3, 0.4) is 0 Å². The maximum absolute atomic E-state index is 9.94. The van der Waals surface area contributed by atoms with Gasteiger partial charge in [0, 0.05) is 19.5 Å². The van der Waals surface area contributed by atoms with E-state index in [1.165, 1.54) is 0 Å². The molecule has 1 aliphatic rings. The van der Waals surface area contributed by atoms with Gasteiger partial charge in [0.25, 0.3) is 0 Å². The van der Waals surface area contributed by atoms with Crippen LogP contribution in [0, 0.1) is 0 Å². The van der Waals surface area contributed by atoms with Crippen LogP contribution in [0.25, 0.3) is 0 Å². The Hall–Kier alpha value is -0.860. The summed E-state index contributed by atoms with van der Waals surface area (Å²) in [4.78, 5) is 6.24. The first-order valence-electron chi connectivity index (χ1n) is 6.60. The van der Waals surface area contributed by atoms with Crippen LogP contribution in [0.15, 0.2) is 35.3 Å². The average Bonchev–Trinajstić information content (AvgIpc) is 2.47. The summed E-state index contributed by atoms with van der Waals surface area (Å²) in [6.45, 7) is 3.23. The number of benzene rings is 1. The van der Waals surface area contributed by atoms with Crippen molar-refractivity contribution in [2.75, 3.05) is 32.8 Å². The predicted molar refractivity (Wildman–Crippen MR) is 90.4 cm³/mol. The van der Waals surface area contributed by atoms with Crippen LogP contribution in [0.2, 0.25) is 0 Å². The van der Waals surface area contributed by atoms with Crippen LogP contribution in [-0.4, -0.2) is 54.9 Å². The fraction of sp³-hybridized carbons (Fsp3) is 0.500. The SMILES string of the molecule is I.NC(=NCC(O)Cc1ccccc1)N1CCOCC1. The molecule has 1 unspecified atom stereocenters. The first kappa shape index (κ1) is 17.2. The van der Waals surface area contributed by atoms with E-state index in [1.54, 1.807) is 0 Å². The maximum atomic E-state index is 9.94. The summed E-state index contributed by atoms with van der Waals surface area (Å²) in [5, 5.41) is 9.94. The molecule has 3 N–H and O–H groups in total. The molecule has 1 saturated heterocycles. The van der Waals surface area contributed by atoms with Crippen molar-refractivity contribution in [1.82, 2.24) is 4.90 Å². The van der Waals surface area contributed by atoms with Crippen LogP contribution < -0.4 is 5.73 Å². The van der Waals surface area contributed by atoms with Gasteiger partial charge in [0.2, 0.25) is 0 Å². The molecule has 1 aromatic rings. The smallest absolute Gasteiger partial charge is 0.191 e. The Morgan fingerprint density at radius 3 is 2.60 bits per heavy atom. The Balaban J connectivity index is 0.00000200. The molecule has 1 aromatic carbocycles. The molecule has 5 nitrogen and oxygen atoms in total. The van der Waals surface area contributed by atoms with Gasteiger partial charge < -0.3 is 20.5 Å². The van der Waals surface area contributed by atoms with Crippen molar-refractivity contribution in [3.05, 3.63) is 35.9 Å². The van der Waals surface area contributed by atoms with E-state index in [9.17, 15) is 5.11 Å². The molecule has 0 bridgehead atoms. The van der Waals surface area contributed by atoms with Gasteiger partial charge >= 0.3 is 0 Å². The van der Waals surface area contributed by atoms with Crippen LogP contribution in [0.4, 0.5) is 0 Å². The quantitative estimate of drug-likeness (QED) is 0.454. The lowest BCUT2D eigenvalue weighted by Gasteiger charge is -2.27. The lowest BCUT2D eigenvalue weighted by atomic mass is 10.1. The summed E-state index contributed by atoms with van der Waals surface area (Å²) in [6.07, 6.45) is 0.0998. The third-order valence-corrected chi connectivity index (χ3v) is 3.11. The number of aliphatic hydroxyl groups is 1.